The van der Waals surface area contributed by atoms with Gasteiger partial charge in [-0.3, -0.25) is 4.68 Å². The monoisotopic (exact) mass is 272 g/mol. The zero-order valence-electron chi connectivity index (χ0n) is 12.3. The average molecular weight is 272 g/mol. The van der Waals surface area contributed by atoms with Crippen LogP contribution in [0.5, 0.6) is 0 Å². The van der Waals surface area contributed by atoms with Gasteiger partial charge in [-0.2, -0.15) is 5.10 Å². The van der Waals surface area contributed by atoms with Crippen molar-refractivity contribution in [2.75, 3.05) is 12.4 Å². The van der Waals surface area contributed by atoms with Crippen LogP contribution in [0.2, 0.25) is 0 Å². The quantitative estimate of drug-likeness (QED) is 0.934. The third-order valence-electron chi connectivity index (χ3n) is 3.17. The van der Waals surface area contributed by atoms with Crippen LogP contribution in [-0.2, 0) is 13.6 Å². The van der Waals surface area contributed by atoms with Gasteiger partial charge in [-0.15, -0.1) is 0 Å². The van der Waals surface area contributed by atoms with Crippen molar-refractivity contribution in [3.05, 3.63) is 47.3 Å². The lowest BCUT2D eigenvalue weighted by molar-refractivity contribution is 0.220. The first-order valence-corrected chi connectivity index (χ1v) is 6.53. The number of hydrogen-bond donors (Lipinski definition) is 1. The molecule has 5 heteroatoms. The molecule has 0 bridgehead atoms. The number of aryl methyl sites for hydroxylation is 3. The molecule has 0 saturated heterocycles. The highest BCUT2D eigenvalue weighted by Gasteiger charge is 2.12. The summed E-state index contributed by atoms with van der Waals surface area (Å²) in [4.78, 5) is 13.8. The fraction of sp³-hybridized carbons (Fsp3) is 0.333. The van der Waals surface area contributed by atoms with E-state index in [2.05, 4.69) is 10.4 Å². The van der Waals surface area contributed by atoms with Gasteiger partial charge in [0.1, 0.15) is 0 Å². The van der Waals surface area contributed by atoms with Crippen LogP contribution in [0.3, 0.4) is 0 Å². The van der Waals surface area contributed by atoms with E-state index in [4.69, 9.17) is 0 Å². The van der Waals surface area contributed by atoms with Gasteiger partial charge in [0.05, 0.1) is 12.2 Å². The number of nitrogens with one attached hydrogen (secondary N) is 1. The molecule has 1 aromatic carbocycles. The van der Waals surface area contributed by atoms with Crippen LogP contribution in [0.1, 0.15) is 16.8 Å². The fourth-order valence-electron chi connectivity index (χ4n) is 1.99. The third kappa shape index (κ3) is 3.38. The molecule has 0 aliphatic heterocycles. The predicted octanol–water partition coefficient (Wildman–Crippen LogP) is 2.70. The summed E-state index contributed by atoms with van der Waals surface area (Å²) in [5.41, 5.74) is 3.97. The topological polar surface area (TPSA) is 50.2 Å². The molecule has 1 aromatic heterocycles. The SMILES string of the molecule is Cc1ccc(NC(=O)N(C)Cc2cn(C)nc2C)cc1. The van der Waals surface area contributed by atoms with Crippen molar-refractivity contribution in [1.29, 1.82) is 0 Å². The van der Waals surface area contributed by atoms with Crippen LogP contribution in [0.25, 0.3) is 0 Å². The van der Waals surface area contributed by atoms with Crippen molar-refractivity contribution in [2.24, 2.45) is 7.05 Å². The summed E-state index contributed by atoms with van der Waals surface area (Å²) in [5, 5.41) is 7.15. The lowest BCUT2D eigenvalue weighted by Crippen LogP contribution is -2.30. The highest BCUT2D eigenvalue weighted by Crippen LogP contribution is 2.11. The average Bonchev–Trinajstić information content (AvgIpc) is 2.70. The standard InChI is InChI=1S/C15H20N4O/c1-11-5-7-14(8-6-11)16-15(20)18(3)9-13-10-19(4)17-12(13)2/h5-8,10H,9H2,1-4H3,(H,16,20). The predicted molar refractivity (Wildman–Crippen MR) is 79.6 cm³/mol. The van der Waals surface area contributed by atoms with Gasteiger partial charge < -0.3 is 10.2 Å². The molecule has 0 spiro atoms. The summed E-state index contributed by atoms with van der Waals surface area (Å²) in [7, 11) is 3.65. The van der Waals surface area contributed by atoms with E-state index < -0.39 is 0 Å². The van der Waals surface area contributed by atoms with Gasteiger partial charge in [0.15, 0.2) is 0 Å². The molecule has 0 atom stereocenters. The Balaban J connectivity index is 1.98. The van der Waals surface area contributed by atoms with Gasteiger partial charge in [0.25, 0.3) is 0 Å². The van der Waals surface area contributed by atoms with Gasteiger partial charge in [-0.25, -0.2) is 4.79 Å². The molecule has 1 N–H and O–H groups in total. The van der Waals surface area contributed by atoms with Crippen LogP contribution in [-0.4, -0.2) is 27.8 Å². The number of carbonyl (C=O) groups is 1. The van der Waals surface area contributed by atoms with E-state index in [0.29, 0.717) is 6.54 Å². The lowest BCUT2D eigenvalue weighted by Gasteiger charge is -2.17. The highest BCUT2D eigenvalue weighted by molar-refractivity contribution is 5.89. The number of hydrogen-bond acceptors (Lipinski definition) is 2. The Bertz CT molecular complexity index is 601. The number of urea groups is 1. The van der Waals surface area contributed by atoms with E-state index in [1.165, 1.54) is 5.56 Å². The van der Waals surface area contributed by atoms with Crippen molar-refractivity contribution >= 4 is 11.7 Å². The van der Waals surface area contributed by atoms with Gasteiger partial charge in [-0.05, 0) is 26.0 Å². The lowest BCUT2D eigenvalue weighted by atomic mass is 10.2. The Morgan fingerprint density at radius 3 is 2.50 bits per heavy atom. The van der Waals surface area contributed by atoms with Crippen LogP contribution >= 0.6 is 0 Å². The van der Waals surface area contributed by atoms with Crippen molar-refractivity contribution < 1.29 is 4.79 Å². The molecule has 0 radical (unpaired) electrons. The summed E-state index contributed by atoms with van der Waals surface area (Å²) < 4.78 is 1.76. The first-order valence-electron chi connectivity index (χ1n) is 6.53. The molecular weight excluding hydrogens is 252 g/mol. The molecule has 20 heavy (non-hydrogen) atoms. The Kier molecular flexibility index (Phi) is 4.08. The van der Waals surface area contributed by atoms with Crippen LogP contribution in [0, 0.1) is 13.8 Å². The smallest absolute Gasteiger partial charge is 0.321 e. The number of anilines is 1. The molecule has 0 saturated carbocycles. The van der Waals surface area contributed by atoms with Gasteiger partial charge in [0, 0.05) is 31.5 Å². The van der Waals surface area contributed by atoms with Crippen molar-refractivity contribution in [2.45, 2.75) is 20.4 Å². The van der Waals surface area contributed by atoms with E-state index in [9.17, 15) is 4.79 Å². The minimum atomic E-state index is -0.128. The van der Waals surface area contributed by atoms with Crippen LogP contribution < -0.4 is 5.32 Å². The normalized spacial score (nSPS) is 10.4. The molecule has 2 amide bonds. The highest BCUT2D eigenvalue weighted by atomic mass is 16.2. The van der Waals surface area contributed by atoms with E-state index in [-0.39, 0.29) is 6.03 Å². The molecule has 106 valence electrons. The molecule has 1 heterocycles. The van der Waals surface area contributed by atoms with Gasteiger partial charge >= 0.3 is 6.03 Å². The van der Waals surface area contributed by atoms with E-state index in [1.54, 1.807) is 16.6 Å². The maximum atomic E-state index is 12.1. The molecule has 0 fully saturated rings. The maximum Gasteiger partial charge on any atom is 0.321 e. The number of carbonyl (C=O) groups excluding carboxylic acids is 1. The first-order chi connectivity index (χ1) is 9.45. The molecule has 0 aliphatic rings. The molecule has 2 aromatic rings. The minimum Gasteiger partial charge on any atom is -0.323 e. The minimum absolute atomic E-state index is 0.128. The number of aromatic nitrogens is 2. The van der Waals surface area contributed by atoms with E-state index >= 15 is 0 Å². The Labute approximate surface area is 119 Å². The molecule has 0 unspecified atom stereocenters. The number of nitrogens with zero attached hydrogens (tertiary/aromatic N) is 3. The summed E-state index contributed by atoms with van der Waals surface area (Å²) in [5.74, 6) is 0. The second-order valence-electron chi connectivity index (χ2n) is 5.07. The Morgan fingerprint density at radius 2 is 1.95 bits per heavy atom. The second kappa shape index (κ2) is 5.77. The fourth-order valence-corrected chi connectivity index (χ4v) is 1.99. The van der Waals surface area contributed by atoms with E-state index in [1.807, 2.05) is 51.4 Å². The van der Waals surface area contributed by atoms with Crippen molar-refractivity contribution in [1.82, 2.24) is 14.7 Å². The zero-order valence-corrected chi connectivity index (χ0v) is 12.3. The Hall–Kier alpha value is -2.30. The molecular formula is C15H20N4O. The van der Waals surface area contributed by atoms with Gasteiger partial charge in [-0.1, -0.05) is 17.7 Å². The summed E-state index contributed by atoms with van der Waals surface area (Å²) in [6, 6.07) is 7.62. The number of benzene rings is 1. The Morgan fingerprint density at radius 1 is 1.30 bits per heavy atom. The van der Waals surface area contributed by atoms with Crippen molar-refractivity contribution in [3.63, 3.8) is 0 Å². The zero-order chi connectivity index (χ0) is 14.7. The third-order valence-corrected chi connectivity index (χ3v) is 3.17. The van der Waals surface area contributed by atoms with Crippen LogP contribution in [0.4, 0.5) is 10.5 Å². The van der Waals surface area contributed by atoms with Crippen molar-refractivity contribution in [3.8, 4) is 0 Å². The number of rotatable bonds is 3. The maximum absolute atomic E-state index is 12.1. The van der Waals surface area contributed by atoms with E-state index in [0.717, 1.165) is 16.9 Å². The summed E-state index contributed by atoms with van der Waals surface area (Å²) >= 11 is 0. The molecule has 0 aliphatic carbocycles. The second-order valence-corrected chi connectivity index (χ2v) is 5.07. The summed E-state index contributed by atoms with van der Waals surface area (Å²) in [6.45, 7) is 4.50. The molecule has 5 nitrogen and oxygen atoms in total. The molecule has 2 rings (SSSR count). The largest absolute Gasteiger partial charge is 0.323 e. The van der Waals surface area contributed by atoms with Gasteiger partial charge in [0.2, 0.25) is 0 Å². The summed E-state index contributed by atoms with van der Waals surface area (Å²) in [6.07, 6.45) is 1.94. The number of amides is 2. The first kappa shape index (κ1) is 14.1. The van der Waals surface area contributed by atoms with Crippen LogP contribution in [0.15, 0.2) is 30.5 Å².